The predicted octanol–water partition coefficient (Wildman–Crippen LogP) is -0.952. The zero-order valence-electron chi connectivity index (χ0n) is 6.99. The van der Waals surface area contributed by atoms with Crippen molar-refractivity contribution in [1.82, 2.24) is 4.90 Å². The Morgan fingerprint density at radius 3 is 2.46 bits per heavy atom. The molecule has 0 saturated carbocycles. The van der Waals surface area contributed by atoms with Crippen molar-refractivity contribution >= 4 is 29.0 Å². The minimum Gasteiger partial charge on any atom is -0.393 e. The van der Waals surface area contributed by atoms with E-state index in [1.54, 1.807) is 0 Å². The van der Waals surface area contributed by atoms with E-state index in [0.29, 0.717) is 11.4 Å². The van der Waals surface area contributed by atoms with Crippen molar-refractivity contribution in [2.75, 3.05) is 19.8 Å². The highest BCUT2D eigenvalue weighted by molar-refractivity contribution is 7.80. The molecule has 0 aliphatic carbocycles. The molecule has 0 aromatic rings. The van der Waals surface area contributed by atoms with Gasteiger partial charge in [-0.25, -0.2) is 0 Å². The summed E-state index contributed by atoms with van der Waals surface area (Å²) >= 11 is 4.64. The molecule has 72 valence electrons. The number of nitrogens with zero attached hydrogens (tertiary/aromatic N) is 1. The number of hydrogen-bond acceptors (Lipinski definition) is 4. The number of hydrogen-bond donors (Lipinski definition) is 1. The number of ether oxygens (including phenoxy) is 1. The van der Waals surface area contributed by atoms with E-state index < -0.39 is 0 Å². The largest absolute Gasteiger partial charge is 0.393 e. The number of thiocarbonyl (C=S) groups is 1. The number of nitrogens with two attached hydrogens (primary N) is 1. The molecular weight excluding hydrogens is 192 g/mol. The van der Waals surface area contributed by atoms with Crippen molar-refractivity contribution < 1.29 is 14.3 Å². The third-order valence-corrected chi connectivity index (χ3v) is 1.84. The molecule has 1 fully saturated rings. The van der Waals surface area contributed by atoms with Crippen LogP contribution >= 0.6 is 12.2 Å². The van der Waals surface area contributed by atoms with Crippen molar-refractivity contribution in [3.8, 4) is 0 Å². The second-order valence-corrected chi connectivity index (χ2v) is 3.17. The molecule has 0 bridgehead atoms. The Bertz CT molecular complexity index is 238. The number of carbonyl (C=O) groups excluding carboxylic acids is 2. The van der Waals surface area contributed by atoms with Crippen LogP contribution in [0.3, 0.4) is 0 Å². The fourth-order valence-electron chi connectivity index (χ4n) is 0.992. The molecule has 1 saturated heterocycles. The molecule has 6 heteroatoms. The summed E-state index contributed by atoms with van der Waals surface area (Å²) in [6.07, 6.45) is 0.368. The van der Waals surface area contributed by atoms with Crippen LogP contribution in [0.1, 0.15) is 6.42 Å². The van der Waals surface area contributed by atoms with Crippen molar-refractivity contribution in [3.05, 3.63) is 0 Å². The van der Waals surface area contributed by atoms with Crippen molar-refractivity contribution in [2.45, 2.75) is 6.42 Å². The Balaban J connectivity index is 2.49. The van der Waals surface area contributed by atoms with E-state index in [2.05, 4.69) is 12.2 Å². The van der Waals surface area contributed by atoms with E-state index in [1.165, 1.54) is 0 Å². The Kier molecular flexibility index (Phi) is 3.32. The maximum Gasteiger partial charge on any atom is 0.255 e. The zero-order valence-corrected chi connectivity index (χ0v) is 7.80. The van der Waals surface area contributed by atoms with Crippen LogP contribution in [-0.4, -0.2) is 41.5 Å². The van der Waals surface area contributed by atoms with Crippen LogP contribution in [0.25, 0.3) is 0 Å². The van der Waals surface area contributed by atoms with Gasteiger partial charge in [0.25, 0.3) is 11.8 Å². The molecule has 2 N–H and O–H groups in total. The number of carbonyl (C=O) groups is 2. The Morgan fingerprint density at radius 2 is 2.00 bits per heavy atom. The number of imide groups is 1. The van der Waals surface area contributed by atoms with Crippen molar-refractivity contribution in [2.24, 2.45) is 5.73 Å². The first-order chi connectivity index (χ1) is 6.11. The second-order valence-electron chi connectivity index (χ2n) is 2.65. The first-order valence-electron chi connectivity index (χ1n) is 3.80. The number of amides is 2. The normalized spacial score (nSPS) is 17.7. The number of morpholine rings is 1. The third kappa shape index (κ3) is 2.74. The highest BCUT2D eigenvalue weighted by atomic mass is 32.1. The summed E-state index contributed by atoms with van der Waals surface area (Å²) in [6, 6.07) is 0. The smallest absolute Gasteiger partial charge is 0.255 e. The summed E-state index contributed by atoms with van der Waals surface area (Å²) in [5, 5.41) is 0. The standard InChI is InChI=1S/C7H10N2O3S/c8-5(13)1-2-9-6(10)3-12-4-7(9)11/h1-4H2,(H2,8,13). The molecule has 1 rings (SSSR count). The van der Waals surface area contributed by atoms with Crippen LogP contribution in [0.4, 0.5) is 0 Å². The van der Waals surface area contributed by atoms with Gasteiger partial charge in [-0.3, -0.25) is 14.5 Å². The quantitative estimate of drug-likeness (QED) is 0.472. The summed E-state index contributed by atoms with van der Waals surface area (Å²) < 4.78 is 4.73. The van der Waals surface area contributed by atoms with Gasteiger partial charge in [-0.05, 0) is 0 Å². The molecule has 0 aromatic heterocycles. The topological polar surface area (TPSA) is 72.6 Å². The van der Waals surface area contributed by atoms with Crippen LogP contribution in [0.15, 0.2) is 0 Å². The SMILES string of the molecule is NC(=S)CCN1C(=O)COCC1=O. The first kappa shape index (κ1) is 10.1. The molecule has 0 spiro atoms. The zero-order chi connectivity index (χ0) is 9.84. The minimum absolute atomic E-state index is 0.0386. The molecule has 13 heavy (non-hydrogen) atoms. The van der Waals surface area contributed by atoms with Crippen LogP contribution in [-0.2, 0) is 14.3 Å². The monoisotopic (exact) mass is 202 g/mol. The highest BCUT2D eigenvalue weighted by Gasteiger charge is 2.25. The first-order valence-corrected chi connectivity index (χ1v) is 4.21. The summed E-state index contributed by atoms with van der Waals surface area (Å²) in [5.74, 6) is -0.653. The molecule has 0 unspecified atom stereocenters. The van der Waals surface area contributed by atoms with Crippen LogP contribution in [0.5, 0.6) is 0 Å². The average molecular weight is 202 g/mol. The molecule has 0 atom stereocenters. The Labute approximate surface area is 80.8 Å². The summed E-state index contributed by atoms with van der Waals surface area (Å²) in [4.78, 5) is 23.7. The lowest BCUT2D eigenvalue weighted by Gasteiger charge is -2.24. The van der Waals surface area contributed by atoms with Gasteiger partial charge in [0.15, 0.2) is 0 Å². The van der Waals surface area contributed by atoms with Gasteiger partial charge >= 0.3 is 0 Å². The lowest BCUT2D eigenvalue weighted by atomic mass is 10.3. The Morgan fingerprint density at radius 1 is 1.46 bits per heavy atom. The van der Waals surface area contributed by atoms with Crippen molar-refractivity contribution in [1.29, 1.82) is 0 Å². The Hall–Kier alpha value is -1.01. The highest BCUT2D eigenvalue weighted by Crippen LogP contribution is 2.01. The number of rotatable bonds is 3. The maximum absolute atomic E-state index is 11.1. The molecule has 5 nitrogen and oxygen atoms in total. The molecule has 1 aliphatic heterocycles. The van der Waals surface area contributed by atoms with E-state index in [9.17, 15) is 9.59 Å². The van der Waals surface area contributed by atoms with Gasteiger partial charge in [-0.1, -0.05) is 12.2 Å². The second kappa shape index (κ2) is 4.29. The molecule has 0 radical (unpaired) electrons. The third-order valence-electron chi connectivity index (χ3n) is 1.63. The molecule has 0 aromatic carbocycles. The molecular formula is C7H10N2O3S. The molecule has 2 amide bonds. The van der Waals surface area contributed by atoms with Gasteiger partial charge in [0.1, 0.15) is 13.2 Å². The predicted molar refractivity (Wildman–Crippen MR) is 48.9 cm³/mol. The van der Waals surface area contributed by atoms with Gasteiger partial charge in [0.05, 0.1) is 4.99 Å². The van der Waals surface area contributed by atoms with Crippen molar-refractivity contribution in [3.63, 3.8) is 0 Å². The molecule has 1 heterocycles. The van der Waals surface area contributed by atoms with Gasteiger partial charge in [0, 0.05) is 13.0 Å². The summed E-state index contributed by atoms with van der Waals surface area (Å²) in [5.41, 5.74) is 5.25. The molecule has 1 aliphatic rings. The minimum atomic E-state index is -0.326. The van der Waals surface area contributed by atoms with Gasteiger partial charge < -0.3 is 10.5 Å². The average Bonchev–Trinajstić information content (AvgIpc) is 2.03. The van der Waals surface area contributed by atoms with E-state index in [4.69, 9.17) is 10.5 Å². The van der Waals surface area contributed by atoms with Gasteiger partial charge in [-0.15, -0.1) is 0 Å². The lowest BCUT2D eigenvalue weighted by molar-refractivity contribution is -0.158. The van der Waals surface area contributed by atoms with Crippen LogP contribution in [0, 0.1) is 0 Å². The van der Waals surface area contributed by atoms with Gasteiger partial charge in [0.2, 0.25) is 0 Å². The van der Waals surface area contributed by atoms with E-state index in [-0.39, 0.29) is 31.6 Å². The summed E-state index contributed by atoms with van der Waals surface area (Å²) in [6.45, 7) is 0.183. The maximum atomic E-state index is 11.1. The van der Waals surface area contributed by atoms with E-state index >= 15 is 0 Å². The fourth-order valence-corrected chi connectivity index (χ4v) is 1.08. The van der Waals surface area contributed by atoms with Gasteiger partial charge in [-0.2, -0.15) is 0 Å². The fraction of sp³-hybridized carbons (Fsp3) is 0.571. The van der Waals surface area contributed by atoms with Crippen LogP contribution < -0.4 is 5.73 Å². The van der Waals surface area contributed by atoms with E-state index in [1.807, 2.05) is 0 Å². The summed E-state index contributed by atoms with van der Waals surface area (Å²) in [7, 11) is 0. The van der Waals surface area contributed by atoms with Crippen LogP contribution in [0.2, 0.25) is 0 Å². The van der Waals surface area contributed by atoms with E-state index in [0.717, 1.165) is 4.90 Å². The lowest BCUT2D eigenvalue weighted by Crippen LogP contribution is -2.47.